The molecule has 0 aliphatic heterocycles. The van der Waals surface area contributed by atoms with Crippen LogP contribution in [-0.2, 0) is 10.0 Å². The molecule has 0 saturated carbocycles. The summed E-state index contributed by atoms with van der Waals surface area (Å²) in [5.74, 6) is 0. The van der Waals surface area contributed by atoms with Gasteiger partial charge in [0.25, 0.3) is 0 Å². The van der Waals surface area contributed by atoms with E-state index in [2.05, 4.69) is 33.0 Å². The van der Waals surface area contributed by atoms with Gasteiger partial charge < -0.3 is 5.32 Å². The van der Waals surface area contributed by atoms with Crippen molar-refractivity contribution in [1.82, 2.24) is 5.32 Å². The zero-order valence-electron chi connectivity index (χ0n) is 11.4. The van der Waals surface area contributed by atoms with E-state index in [4.69, 9.17) is 5.14 Å². The summed E-state index contributed by atoms with van der Waals surface area (Å²) in [5, 5.41) is 8.47. The Morgan fingerprint density at radius 2 is 1.72 bits per heavy atom. The van der Waals surface area contributed by atoms with Crippen LogP contribution in [0.15, 0.2) is 29.2 Å². The maximum absolute atomic E-state index is 11.1. The Morgan fingerprint density at radius 1 is 1.22 bits per heavy atom. The van der Waals surface area contributed by atoms with Gasteiger partial charge in [-0.3, -0.25) is 0 Å². The highest BCUT2D eigenvalue weighted by molar-refractivity contribution is 7.89. The van der Waals surface area contributed by atoms with Crippen LogP contribution in [0.25, 0.3) is 0 Å². The molecule has 0 fully saturated rings. The topological polar surface area (TPSA) is 72.2 Å². The van der Waals surface area contributed by atoms with Crippen LogP contribution in [-0.4, -0.2) is 15.0 Å². The average molecular weight is 270 g/mol. The normalized spacial score (nSPS) is 14.5. The lowest BCUT2D eigenvalue weighted by Gasteiger charge is -2.23. The number of hydrogen-bond donors (Lipinski definition) is 2. The van der Waals surface area contributed by atoms with Crippen LogP contribution in [0.5, 0.6) is 0 Å². The average Bonchev–Trinajstić information content (AvgIpc) is 2.24. The van der Waals surface area contributed by atoms with Crippen molar-refractivity contribution in [2.75, 3.05) is 6.54 Å². The molecule has 18 heavy (non-hydrogen) atoms. The summed E-state index contributed by atoms with van der Waals surface area (Å²) in [6.07, 6.45) is 0. The first-order valence-electron chi connectivity index (χ1n) is 5.96. The van der Waals surface area contributed by atoms with Gasteiger partial charge in [-0.15, -0.1) is 0 Å². The summed E-state index contributed by atoms with van der Waals surface area (Å²) in [4.78, 5) is 0.147. The molecule has 1 unspecified atom stereocenters. The van der Waals surface area contributed by atoms with E-state index in [1.165, 1.54) is 0 Å². The second-order valence-corrected chi connectivity index (χ2v) is 7.34. The Hall–Kier alpha value is -0.910. The van der Waals surface area contributed by atoms with E-state index < -0.39 is 10.0 Å². The third-order valence-corrected chi connectivity index (χ3v) is 3.58. The molecule has 0 heterocycles. The van der Waals surface area contributed by atoms with E-state index >= 15 is 0 Å². The highest BCUT2D eigenvalue weighted by Gasteiger charge is 2.13. The van der Waals surface area contributed by atoms with Gasteiger partial charge in [0, 0.05) is 12.6 Å². The molecule has 4 nitrogen and oxygen atoms in total. The van der Waals surface area contributed by atoms with Gasteiger partial charge in [0.05, 0.1) is 4.90 Å². The minimum atomic E-state index is -3.60. The molecule has 0 amide bonds. The number of nitrogens with two attached hydrogens (primary N) is 1. The Labute approximate surface area is 110 Å². The molecule has 0 saturated heterocycles. The van der Waals surface area contributed by atoms with Crippen molar-refractivity contribution in [3.63, 3.8) is 0 Å². The summed E-state index contributed by atoms with van der Waals surface area (Å²) in [5.41, 5.74) is 1.26. The molecule has 0 bridgehead atoms. The molecular formula is C13H22N2O2S. The predicted molar refractivity (Wildman–Crippen MR) is 73.7 cm³/mol. The van der Waals surface area contributed by atoms with E-state index in [-0.39, 0.29) is 16.4 Å². The second-order valence-electron chi connectivity index (χ2n) is 5.78. The molecule has 3 N–H and O–H groups in total. The number of hydrogen-bond acceptors (Lipinski definition) is 3. The first-order valence-corrected chi connectivity index (χ1v) is 7.50. The first-order chi connectivity index (χ1) is 8.09. The Morgan fingerprint density at radius 3 is 2.11 bits per heavy atom. The van der Waals surface area contributed by atoms with Crippen LogP contribution in [0, 0.1) is 5.41 Å². The minimum absolute atomic E-state index is 0.147. The van der Waals surface area contributed by atoms with Gasteiger partial charge in [0.1, 0.15) is 0 Å². The lowest BCUT2D eigenvalue weighted by atomic mass is 9.96. The van der Waals surface area contributed by atoms with Gasteiger partial charge in [-0.05, 0) is 30.0 Å². The number of sulfonamides is 1. The third-order valence-electron chi connectivity index (χ3n) is 2.65. The first kappa shape index (κ1) is 15.1. The van der Waals surface area contributed by atoms with Crippen molar-refractivity contribution in [3.05, 3.63) is 29.8 Å². The fraction of sp³-hybridized carbons (Fsp3) is 0.538. The van der Waals surface area contributed by atoms with Crippen molar-refractivity contribution < 1.29 is 8.42 Å². The second kappa shape index (κ2) is 5.38. The largest absolute Gasteiger partial charge is 0.310 e. The van der Waals surface area contributed by atoms with E-state index in [0.717, 1.165) is 12.1 Å². The number of benzene rings is 1. The van der Waals surface area contributed by atoms with Crippen molar-refractivity contribution in [2.45, 2.75) is 38.6 Å². The minimum Gasteiger partial charge on any atom is -0.310 e. The third kappa shape index (κ3) is 4.76. The molecule has 1 rings (SSSR count). The lowest BCUT2D eigenvalue weighted by Crippen LogP contribution is -2.29. The molecule has 0 spiro atoms. The fourth-order valence-electron chi connectivity index (χ4n) is 1.52. The lowest BCUT2D eigenvalue weighted by molar-refractivity contribution is 0.359. The SMILES string of the molecule is CC(NCC(C)(C)C)c1ccc(S(N)(=O)=O)cc1. The summed E-state index contributed by atoms with van der Waals surface area (Å²) in [7, 11) is -3.60. The van der Waals surface area contributed by atoms with E-state index in [9.17, 15) is 8.42 Å². The van der Waals surface area contributed by atoms with Crippen molar-refractivity contribution in [1.29, 1.82) is 0 Å². The standard InChI is InChI=1S/C13H22N2O2S/c1-10(15-9-13(2,3)4)11-5-7-12(8-6-11)18(14,16)17/h5-8,10,15H,9H2,1-4H3,(H2,14,16,17). The highest BCUT2D eigenvalue weighted by Crippen LogP contribution is 2.18. The van der Waals surface area contributed by atoms with Gasteiger partial charge in [-0.1, -0.05) is 32.9 Å². The summed E-state index contributed by atoms with van der Waals surface area (Å²) in [6, 6.07) is 6.85. The fourth-order valence-corrected chi connectivity index (χ4v) is 2.04. The van der Waals surface area contributed by atoms with Crippen LogP contribution in [0.4, 0.5) is 0 Å². The molecule has 0 aliphatic rings. The molecule has 1 aromatic carbocycles. The zero-order valence-corrected chi connectivity index (χ0v) is 12.2. The van der Waals surface area contributed by atoms with Gasteiger partial charge >= 0.3 is 0 Å². The van der Waals surface area contributed by atoms with E-state index in [1.807, 2.05) is 0 Å². The van der Waals surface area contributed by atoms with Crippen molar-refractivity contribution >= 4 is 10.0 Å². The van der Waals surface area contributed by atoms with Crippen LogP contribution in [0.2, 0.25) is 0 Å². The summed E-state index contributed by atoms with van der Waals surface area (Å²) < 4.78 is 22.3. The molecule has 1 aromatic rings. The van der Waals surface area contributed by atoms with Crippen LogP contribution >= 0.6 is 0 Å². The maximum Gasteiger partial charge on any atom is 0.238 e. The molecule has 1 atom stereocenters. The van der Waals surface area contributed by atoms with Crippen molar-refractivity contribution in [2.24, 2.45) is 10.6 Å². The number of primary sulfonamides is 1. The van der Waals surface area contributed by atoms with Gasteiger partial charge in [0.2, 0.25) is 10.0 Å². The van der Waals surface area contributed by atoms with E-state index in [0.29, 0.717) is 0 Å². The Bertz CT molecular complexity index is 487. The molecule has 0 aromatic heterocycles. The van der Waals surface area contributed by atoms with Gasteiger partial charge in [0.15, 0.2) is 0 Å². The summed E-state index contributed by atoms with van der Waals surface area (Å²) in [6.45, 7) is 9.44. The Balaban J connectivity index is 2.74. The van der Waals surface area contributed by atoms with Crippen LogP contribution in [0.1, 0.15) is 39.3 Å². The van der Waals surface area contributed by atoms with Crippen molar-refractivity contribution in [3.8, 4) is 0 Å². The maximum atomic E-state index is 11.1. The van der Waals surface area contributed by atoms with Gasteiger partial charge in [-0.25, -0.2) is 13.6 Å². The quantitative estimate of drug-likeness (QED) is 0.879. The Kier molecular flexibility index (Phi) is 4.53. The monoisotopic (exact) mass is 270 g/mol. The molecular weight excluding hydrogens is 248 g/mol. The highest BCUT2D eigenvalue weighted by atomic mass is 32.2. The molecule has 5 heteroatoms. The predicted octanol–water partition coefficient (Wildman–Crippen LogP) is 2.03. The summed E-state index contributed by atoms with van der Waals surface area (Å²) >= 11 is 0. The van der Waals surface area contributed by atoms with Gasteiger partial charge in [-0.2, -0.15) is 0 Å². The van der Waals surface area contributed by atoms with Crippen LogP contribution < -0.4 is 10.5 Å². The molecule has 102 valence electrons. The smallest absolute Gasteiger partial charge is 0.238 e. The number of rotatable bonds is 4. The zero-order chi connectivity index (χ0) is 14.0. The molecule has 0 radical (unpaired) electrons. The molecule has 0 aliphatic carbocycles. The number of nitrogens with one attached hydrogen (secondary N) is 1. The van der Waals surface area contributed by atoms with E-state index in [1.54, 1.807) is 24.3 Å². The van der Waals surface area contributed by atoms with Crippen LogP contribution in [0.3, 0.4) is 0 Å².